The van der Waals surface area contributed by atoms with Crippen LogP contribution in [0.3, 0.4) is 0 Å². The molecule has 2 aromatic rings. The summed E-state index contributed by atoms with van der Waals surface area (Å²) in [6, 6.07) is 3.91. The minimum absolute atomic E-state index is 0.117. The van der Waals surface area contributed by atoms with Gasteiger partial charge < -0.3 is 14.6 Å². The molecule has 0 aliphatic carbocycles. The molecule has 3 atom stereocenters. The van der Waals surface area contributed by atoms with Gasteiger partial charge in [-0.2, -0.15) is 0 Å². The molecule has 4 rings (SSSR count). The highest BCUT2D eigenvalue weighted by atomic mass is 35.5. The first-order valence-electron chi connectivity index (χ1n) is 7.35. The third-order valence-corrected chi connectivity index (χ3v) is 4.83. The van der Waals surface area contributed by atoms with Gasteiger partial charge in [0.05, 0.1) is 11.7 Å². The van der Waals surface area contributed by atoms with Crippen LogP contribution in [-0.4, -0.2) is 45.9 Å². The molecule has 2 saturated heterocycles. The Morgan fingerprint density at radius 3 is 3.14 bits per heavy atom. The first kappa shape index (κ1) is 13.1. The van der Waals surface area contributed by atoms with E-state index in [1.165, 1.54) is 19.5 Å². The van der Waals surface area contributed by atoms with Crippen molar-refractivity contribution in [3.05, 3.63) is 35.4 Å². The van der Waals surface area contributed by atoms with Gasteiger partial charge in [0, 0.05) is 25.3 Å². The van der Waals surface area contributed by atoms with Gasteiger partial charge in [0.15, 0.2) is 0 Å². The van der Waals surface area contributed by atoms with Crippen LogP contribution in [-0.2, 0) is 0 Å². The molecule has 0 saturated carbocycles. The Morgan fingerprint density at radius 2 is 2.29 bits per heavy atom. The molecule has 5 nitrogen and oxygen atoms in total. The molecule has 2 fully saturated rings. The standard InChI is InChI=1S/C15H17ClN4O/c16-14-2-1-12-6-17-13(9-20(12)14)15(21)18-11-5-10-3-4-19(7-10)8-11/h1-2,6,9-11H,3-5,7-8H2,(H,18,21)/t10-,11-/m1/s1. The molecule has 0 radical (unpaired) electrons. The number of fused-ring (bicyclic) bond motifs is 3. The second-order valence-corrected chi connectivity index (χ2v) is 6.43. The molecule has 0 aromatic carbocycles. The van der Waals surface area contributed by atoms with Crippen molar-refractivity contribution < 1.29 is 4.79 Å². The van der Waals surface area contributed by atoms with E-state index in [2.05, 4.69) is 15.2 Å². The molecule has 2 aromatic heterocycles. The van der Waals surface area contributed by atoms with Crippen LogP contribution in [0.5, 0.6) is 0 Å². The number of amides is 1. The van der Waals surface area contributed by atoms with E-state index in [9.17, 15) is 4.79 Å². The van der Waals surface area contributed by atoms with E-state index in [4.69, 9.17) is 11.6 Å². The van der Waals surface area contributed by atoms with E-state index in [1.54, 1.807) is 22.9 Å². The lowest BCUT2D eigenvalue weighted by atomic mass is 9.97. The first-order valence-corrected chi connectivity index (χ1v) is 7.72. The smallest absolute Gasteiger partial charge is 0.271 e. The maximum atomic E-state index is 12.4. The summed E-state index contributed by atoms with van der Waals surface area (Å²) in [7, 11) is 0. The molecule has 2 bridgehead atoms. The van der Waals surface area contributed by atoms with Gasteiger partial charge in [-0.15, -0.1) is 0 Å². The molecule has 6 heteroatoms. The molecule has 1 N–H and O–H groups in total. The summed E-state index contributed by atoms with van der Waals surface area (Å²) in [5, 5.41) is 3.70. The summed E-state index contributed by atoms with van der Waals surface area (Å²) < 4.78 is 1.78. The topological polar surface area (TPSA) is 49.6 Å². The molecular weight excluding hydrogens is 288 g/mol. The average Bonchev–Trinajstić information content (AvgIpc) is 3.02. The van der Waals surface area contributed by atoms with Crippen LogP contribution in [0.4, 0.5) is 0 Å². The SMILES string of the molecule is O=C(N[C@@H]1C[C@H]2CCN(C2)C1)c1cn2c(Cl)ccc2cn1. The Kier molecular flexibility index (Phi) is 3.12. The third kappa shape index (κ3) is 2.40. The van der Waals surface area contributed by atoms with Gasteiger partial charge in [0.25, 0.3) is 5.91 Å². The van der Waals surface area contributed by atoms with Gasteiger partial charge in [0.2, 0.25) is 0 Å². The van der Waals surface area contributed by atoms with Gasteiger partial charge in [-0.05, 0) is 37.4 Å². The van der Waals surface area contributed by atoms with Crippen LogP contribution >= 0.6 is 11.6 Å². The number of carbonyl (C=O) groups excluding carboxylic acids is 1. The van der Waals surface area contributed by atoms with Crippen LogP contribution in [0.1, 0.15) is 23.3 Å². The molecular formula is C15H17ClN4O. The van der Waals surface area contributed by atoms with Crippen LogP contribution in [0, 0.1) is 5.92 Å². The number of hydrogen-bond donors (Lipinski definition) is 1. The quantitative estimate of drug-likeness (QED) is 0.920. The fourth-order valence-corrected chi connectivity index (χ4v) is 3.72. The Hall–Kier alpha value is -1.59. The maximum absolute atomic E-state index is 12.4. The van der Waals surface area contributed by atoms with Crippen molar-refractivity contribution in [3.63, 3.8) is 0 Å². The number of nitrogens with one attached hydrogen (secondary N) is 1. The molecule has 2 aliphatic rings. The van der Waals surface area contributed by atoms with E-state index >= 15 is 0 Å². The molecule has 1 amide bonds. The number of hydrogen-bond acceptors (Lipinski definition) is 3. The number of carbonyl (C=O) groups is 1. The predicted molar refractivity (Wildman–Crippen MR) is 80.6 cm³/mol. The number of nitrogens with zero attached hydrogens (tertiary/aromatic N) is 3. The van der Waals surface area contributed by atoms with Crippen LogP contribution in [0.15, 0.2) is 24.5 Å². The Balaban J connectivity index is 1.52. The van der Waals surface area contributed by atoms with Crippen molar-refractivity contribution in [1.82, 2.24) is 19.6 Å². The fraction of sp³-hybridized carbons (Fsp3) is 0.467. The Bertz CT molecular complexity index is 686. The van der Waals surface area contributed by atoms with Crippen molar-refractivity contribution in [3.8, 4) is 0 Å². The lowest BCUT2D eigenvalue weighted by molar-refractivity contribution is 0.0904. The normalized spacial score (nSPS) is 28.0. The fourth-order valence-electron chi connectivity index (χ4n) is 3.51. The van der Waals surface area contributed by atoms with Gasteiger partial charge in [-0.1, -0.05) is 11.6 Å². The van der Waals surface area contributed by atoms with E-state index < -0.39 is 0 Å². The molecule has 4 heterocycles. The zero-order valence-electron chi connectivity index (χ0n) is 11.6. The summed E-state index contributed by atoms with van der Waals surface area (Å²) in [6.45, 7) is 3.31. The highest BCUT2D eigenvalue weighted by molar-refractivity contribution is 6.30. The molecule has 1 unspecified atom stereocenters. The lowest BCUT2D eigenvalue weighted by Crippen LogP contribution is -2.47. The minimum atomic E-state index is -0.117. The van der Waals surface area contributed by atoms with Gasteiger partial charge in [0.1, 0.15) is 10.8 Å². The summed E-state index contributed by atoms with van der Waals surface area (Å²) in [5.41, 5.74) is 1.30. The van der Waals surface area contributed by atoms with Crippen LogP contribution in [0.25, 0.3) is 5.52 Å². The van der Waals surface area contributed by atoms with Gasteiger partial charge >= 0.3 is 0 Å². The van der Waals surface area contributed by atoms with E-state index in [1.807, 2.05) is 6.07 Å². The van der Waals surface area contributed by atoms with E-state index in [0.717, 1.165) is 24.4 Å². The molecule has 0 spiro atoms. The number of aromatic nitrogens is 2. The molecule has 110 valence electrons. The van der Waals surface area contributed by atoms with Crippen molar-refractivity contribution in [2.75, 3.05) is 19.6 Å². The van der Waals surface area contributed by atoms with Crippen LogP contribution in [0.2, 0.25) is 5.15 Å². The van der Waals surface area contributed by atoms with Crippen molar-refractivity contribution in [2.45, 2.75) is 18.9 Å². The Morgan fingerprint density at radius 1 is 1.38 bits per heavy atom. The molecule has 21 heavy (non-hydrogen) atoms. The predicted octanol–water partition coefficient (Wildman–Crippen LogP) is 1.81. The second kappa shape index (κ2) is 5.00. The molecule has 2 aliphatic heterocycles. The van der Waals surface area contributed by atoms with E-state index in [0.29, 0.717) is 10.8 Å². The zero-order chi connectivity index (χ0) is 14.4. The second-order valence-electron chi connectivity index (χ2n) is 6.04. The number of rotatable bonds is 2. The summed E-state index contributed by atoms with van der Waals surface area (Å²) in [6.07, 6.45) is 5.71. The average molecular weight is 305 g/mol. The van der Waals surface area contributed by atoms with Gasteiger partial charge in [-0.25, -0.2) is 4.98 Å². The van der Waals surface area contributed by atoms with Crippen LogP contribution < -0.4 is 5.32 Å². The largest absolute Gasteiger partial charge is 0.347 e. The number of halogens is 1. The summed E-state index contributed by atoms with van der Waals surface area (Å²) >= 11 is 6.08. The number of piperidine rings is 1. The maximum Gasteiger partial charge on any atom is 0.271 e. The Labute approximate surface area is 127 Å². The summed E-state index contributed by atoms with van der Waals surface area (Å²) in [4.78, 5) is 19.0. The summed E-state index contributed by atoms with van der Waals surface area (Å²) in [5.74, 6) is 0.618. The highest BCUT2D eigenvalue weighted by Gasteiger charge is 2.33. The highest BCUT2D eigenvalue weighted by Crippen LogP contribution is 2.26. The minimum Gasteiger partial charge on any atom is -0.347 e. The first-order chi connectivity index (χ1) is 10.2. The van der Waals surface area contributed by atoms with Gasteiger partial charge in [-0.3, -0.25) is 4.79 Å². The van der Waals surface area contributed by atoms with Crippen molar-refractivity contribution in [2.24, 2.45) is 5.92 Å². The zero-order valence-corrected chi connectivity index (χ0v) is 12.4. The van der Waals surface area contributed by atoms with Crippen molar-refractivity contribution >= 4 is 23.0 Å². The lowest BCUT2D eigenvalue weighted by Gasteiger charge is -2.30. The monoisotopic (exact) mass is 304 g/mol. The van der Waals surface area contributed by atoms with E-state index in [-0.39, 0.29) is 11.9 Å². The third-order valence-electron chi connectivity index (χ3n) is 4.52. The van der Waals surface area contributed by atoms with Crippen molar-refractivity contribution in [1.29, 1.82) is 0 Å².